The fraction of sp³-hybridized carbons (Fsp3) is 0.318. The highest BCUT2D eigenvalue weighted by Gasteiger charge is 2.47. The average Bonchev–Trinajstić information content (AvgIpc) is 3.38. The van der Waals surface area contributed by atoms with Crippen molar-refractivity contribution in [3.8, 4) is 0 Å². The summed E-state index contributed by atoms with van der Waals surface area (Å²) in [5.41, 5.74) is 0.651. The Kier molecular flexibility index (Phi) is 6.03. The molecular formula is C22H20IN3O5. The number of nitro benzene ring substituents is 1. The second kappa shape index (κ2) is 8.74. The molecule has 0 N–H and O–H groups in total. The lowest BCUT2D eigenvalue weighted by Crippen LogP contribution is -2.50. The van der Waals surface area contributed by atoms with Crippen LogP contribution >= 0.6 is 22.6 Å². The van der Waals surface area contributed by atoms with E-state index in [1.807, 2.05) is 12.1 Å². The summed E-state index contributed by atoms with van der Waals surface area (Å²) in [5, 5.41) is 10.9. The quantitative estimate of drug-likeness (QED) is 0.251. The number of anilines is 1. The summed E-state index contributed by atoms with van der Waals surface area (Å²) in [6, 6.07) is 11.4. The monoisotopic (exact) mass is 533 g/mol. The summed E-state index contributed by atoms with van der Waals surface area (Å²) in [6.45, 7) is 0. The number of non-ortho nitro benzene ring substituents is 1. The zero-order valence-corrected chi connectivity index (χ0v) is 18.7. The SMILES string of the molecule is O=C1CC(N(C(=O)c2ccc([N+](=O)[O-])cc2)C2CCCC2)C(=O)N1c1ccc(I)cc1. The number of benzene rings is 2. The minimum Gasteiger partial charge on any atom is -0.323 e. The van der Waals surface area contributed by atoms with Crippen LogP contribution in [0.3, 0.4) is 0 Å². The van der Waals surface area contributed by atoms with E-state index >= 15 is 0 Å². The Morgan fingerprint density at radius 1 is 1.03 bits per heavy atom. The molecule has 31 heavy (non-hydrogen) atoms. The number of imide groups is 1. The van der Waals surface area contributed by atoms with Crippen molar-refractivity contribution >= 4 is 51.7 Å². The molecule has 2 aromatic rings. The van der Waals surface area contributed by atoms with Crippen LogP contribution in [0.5, 0.6) is 0 Å². The van der Waals surface area contributed by atoms with E-state index in [-0.39, 0.29) is 35.5 Å². The third-order valence-electron chi connectivity index (χ3n) is 5.82. The zero-order valence-electron chi connectivity index (χ0n) is 16.6. The summed E-state index contributed by atoms with van der Waals surface area (Å²) < 4.78 is 0.984. The Hall–Kier alpha value is -2.82. The van der Waals surface area contributed by atoms with Gasteiger partial charge in [-0.1, -0.05) is 12.8 Å². The Bertz CT molecular complexity index is 1030. The molecule has 0 aromatic heterocycles. The standard InChI is InChI=1S/C22H20IN3O5/c23-15-7-11-17(12-8-15)25-20(27)13-19(22(25)29)24(16-3-1-2-4-16)21(28)14-5-9-18(10-6-14)26(30)31/h5-12,16,19H,1-4,13H2. The van der Waals surface area contributed by atoms with E-state index in [1.54, 1.807) is 17.0 Å². The number of nitro groups is 1. The fourth-order valence-corrected chi connectivity index (χ4v) is 4.67. The van der Waals surface area contributed by atoms with E-state index in [0.717, 1.165) is 34.2 Å². The normalized spacial score (nSPS) is 19.1. The highest BCUT2D eigenvalue weighted by Crippen LogP contribution is 2.33. The third-order valence-corrected chi connectivity index (χ3v) is 6.54. The van der Waals surface area contributed by atoms with Gasteiger partial charge in [-0.25, -0.2) is 4.90 Å². The number of nitrogens with zero attached hydrogens (tertiary/aromatic N) is 3. The molecule has 9 heteroatoms. The molecule has 2 aromatic carbocycles. The van der Waals surface area contributed by atoms with Gasteiger partial charge in [-0.15, -0.1) is 0 Å². The van der Waals surface area contributed by atoms with Crippen LogP contribution in [0.4, 0.5) is 11.4 Å². The molecule has 0 radical (unpaired) electrons. The van der Waals surface area contributed by atoms with Crippen LogP contribution in [0, 0.1) is 13.7 Å². The van der Waals surface area contributed by atoms with E-state index in [1.165, 1.54) is 24.3 Å². The van der Waals surface area contributed by atoms with Crippen molar-refractivity contribution in [2.75, 3.05) is 4.90 Å². The molecule has 1 atom stereocenters. The first-order valence-corrected chi connectivity index (χ1v) is 11.1. The summed E-state index contributed by atoms with van der Waals surface area (Å²) in [6.07, 6.45) is 3.36. The van der Waals surface area contributed by atoms with Crippen molar-refractivity contribution in [3.05, 3.63) is 67.8 Å². The van der Waals surface area contributed by atoms with Crippen LogP contribution in [0.2, 0.25) is 0 Å². The average molecular weight is 533 g/mol. The van der Waals surface area contributed by atoms with E-state index in [4.69, 9.17) is 0 Å². The maximum absolute atomic E-state index is 13.4. The van der Waals surface area contributed by atoms with Gasteiger partial charge in [0.1, 0.15) is 6.04 Å². The second-order valence-corrected chi connectivity index (χ2v) is 8.96. The molecule has 0 spiro atoms. The van der Waals surface area contributed by atoms with Gasteiger partial charge in [0.15, 0.2) is 0 Å². The predicted molar refractivity (Wildman–Crippen MR) is 122 cm³/mol. The number of rotatable bonds is 5. The van der Waals surface area contributed by atoms with Gasteiger partial charge in [0.25, 0.3) is 17.5 Å². The summed E-state index contributed by atoms with van der Waals surface area (Å²) in [7, 11) is 0. The molecule has 1 heterocycles. The summed E-state index contributed by atoms with van der Waals surface area (Å²) >= 11 is 2.15. The Morgan fingerprint density at radius 2 is 1.65 bits per heavy atom. The van der Waals surface area contributed by atoms with Crippen molar-refractivity contribution in [2.45, 2.75) is 44.2 Å². The van der Waals surface area contributed by atoms with Crippen LogP contribution < -0.4 is 4.90 Å². The number of halogens is 1. The molecule has 2 aliphatic rings. The largest absolute Gasteiger partial charge is 0.323 e. The number of carbonyl (C=O) groups excluding carboxylic acids is 3. The van der Waals surface area contributed by atoms with Gasteiger partial charge in [0.2, 0.25) is 5.91 Å². The van der Waals surface area contributed by atoms with Crippen LogP contribution in [0.15, 0.2) is 48.5 Å². The minimum absolute atomic E-state index is 0.0694. The highest BCUT2D eigenvalue weighted by atomic mass is 127. The minimum atomic E-state index is -0.877. The zero-order chi connectivity index (χ0) is 22.1. The summed E-state index contributed by atoms with van der Waals surface area (Å²) in [5.74, 6) is -1.12. The molecule has 1 aliphatic carbocycles. The maximum atomic E-state index is 13.4. The fourth-order valence-electron chi connectivity index (χ4n) is 4.31. The molecule has 160 valence electrons. The van der Waals surface area contributed by atoms with Gasteiger partial charge in [0.05, 0.1) is 17.0 Å². The van der Waals surface area contributed by atoms with Crippen LogP contribution in [0.1, 0.15) is 42.5 Å². The first kappa shape index (κ1) is 21.4. The number of carbonyl (C=O) groups is 3. The van der Waals surface area contributed by atoms with Gasteiger partial charge < -0.3 is 4.90 Å². The number of hydrogen-bond donors (Lipinski definition) is 0. The van der Waals surface area contributed by atoms with Crippen LogP contribution in [-0.4, -0.2) is 39.6 Å². The topological polar surface area (TPSA) is 101 Å². The molecule has 1 saturated carbocycles. The van der Waals surface area contributed by atoms with Gasteiger partial charge in [-0.2, -0.15) is 0 Å². The second-order valence-electron chi connectivity index (χ2n) is 7.72. The van der Waals surface area contributed by atoms with Crippen molar-refractivity contribution < 1.29 is 19.3 Å². The Morgan fingerprint density at radius 3 is 2.23 bits per heavy atom. The van der Waals surface area contributed by atoms with E-state index in [9.17, 15) is 24.5 Å². The lowest BCUT2D eigenvalue weighted by Gasteiger charge is -2.33. The van der Waals surface area contributed by atoms with Crippen LogP contribution in [-0.2, 0) is 9.59 Å². The number of hydrogen-bond acceptors (Lipinski definition) is 5. The molecule has 8 nitrogen and oxygen atoms in total. The molecule has 0 bridgehead atoms. The highest BCUT2D eigenvalue weighted by molar-refractivity contribution is 14.1. The van der Waals surface area contributed by atoms with Crippen LogP contribution in [0.25, 0.3) is 0 Å². The molecule has 1 saturated heterocycles. The molecular weight excluding hydrogens is 513 g/mol. The molecule has 2 fully saturated rings. The van der Waals surface area contributed by atoms with E-state index in [2.05, 4.69) is 22.6 Å². The van der Waals surface area contributed by atoms with Gasteiger partial charge in [-0.05, 0) is 71.8 Å². The van der Waals surface area contributed by atoms with Crippen molar-refractivity contribution in [1.29, 1.82) is 0 Å². The van der Waals surface area contributed by atoms with Gasteiger partial charge in [-0.3, -0.25) is 24.5 Å². The van der Waals surface area contributed by atoms with Gasteiger partial charge in [0, 0.05) is 27.3 Å². The molecule has 1 aliphatic heterocycles. The maximum Gasteiger partial charge on any atom is 0.269 e. The Labute approximate surface area is 192 Å². The first-order valence-electron chi connectivity index (χ1n) is 10.1. The summed E-state index contributed by atoms with van der Waals surface area (Å²) in [4.78, 5) is 52.6. The van der Waals surface area contributed by atoms with Crippen molar-refractivity contribution in [2.24, 2.45) is 0 Å². The molecule has 4 rings (SSSR count). The lowest BCUT2D eigenvalue weighted by atomic mass is 10.1. The lowest BCUT2D eigenvalue weighted by molar-refractivity contribution is -0.384. The Balaban J connectivity index is 1.65. The van der Waals surface area contributed by atoms with E-state index in [0.29, 0.717) is 5.69 Å². The predicted octanol–water partition coefficient (Wildman–Crippen LogP) is 3.92. The van der Waals surface area contributed by atoms with Crippen molar-refractivity contribution in [1.82, 2.24) is 4.90 Å². The smallest absolute Gasteiger partial charge is 0.269 e. The molecule has 1 unspecified atom stereocenters. The van der Waals surface area contributed by atoms with Crippen molar-refractivity contribution in [3.63, 3.8) is 0 Å². The first-order chi connectivity index (χ1) is 14.9. The van der Waals surface area contributed by atoms with E-state index < -0.39 is 16.9 Å². The molecule has 3 amide bonds. The van der Waals surface area contributed by atoms with Gasteiger partial charge >= 0.3 is 0 Å². The number of amides is 3. The third kappa shape index (κ3) is 4.18.